The van der Waals surface area contributed by atoms with E-state index in [1.54, 1.807) is 30.5 Å². The lowest BCUT2D eigenvalue weighted by Gasteiger charge is -2.01. The van der Waals surface area contributed by atoms with E-state index in [1.165, 1.54) is 6.92 Å². The number of hydrogen-bond donors (Lipinski definition) is 0. The van der Waals surface area contributed by atoms with Gasteiger partial charge in [-0.1, -0.05) is 12.1 Å². The zero-order valence-corrected chi connectivity index (χ0v) is 9.34. The number of pyridine rings is 1. The van der Waals surface area contributed by atoms with Crippen molar-refractivity contribution in [3.63, 3.8) is 0 Å². The number of carbonyl (C=O) groups is 1. The van der Waals surface area contributed by atoms with Crippen molar-refractivity contribution in [2.24, 2.45) is 0 Å². The summed E-state index contributed by atoms with van der Waals surface area (Å²) in [6, 6.07) is 12.8. The SMILES string of the molecule is CC(=O)c1ccc(-c2ccc(C#N)cc2)nc1. The number of hydrogen-bond acceptors (Lipinski definition) is 3. The van der Waals surface area contributed by atoms with Gasteiger partial charge in [0.15, 0.2) is 5.78 Å². The lowest BCUT2D eigenvalue weighted by Crippen LogP contribution is -1.93. The van der Waals surface area contributed by atoms with Gasteiger partial charge in [-0.05, 0) is 31.2 Å². The molecule has 1 aromatic heterocycles. The molecular weight excluding hydrogens is 212 g/mol. The van der Waals surface area contributed by atoms with Crippen LogP contribution in [0.4, 0.5) is 0 Å². The van der Waals surface area contributed by atoms with Crippen molar-refractivity contribution >= 4 is 5.78 Å². The van der Waals surface area contributed by atoms with Crippen molar-refractivity contribution < 1.29 is 4.79 Å². The molecule has 0 spiro atoms. The largest absolute Gasteiger partial charge is 0.294 e. The Morgan fingerprint density at radius 1 is 1.18 bits per heavy atom. The fourth-order valence-corrected chi connectivity index (χ4v) is 1.49. The highest BCUT2D eigenvalue weighted by molar-refractivity contribution is 5.93. The van der Waals surface area contributed by atoms with Gasteiger partial charge in [0, 0.05) is 17.3 Å². The first kappa shape index (κ1) is 11.0. The van der Waals surface area contributed by atoms with E-state index >= 15 is 0 Å². The Hall–Kier alpha value is -2.47. The van der Waals surface area contributed by atoms with E-state index in [4.69, 9.17) is 5.26 Å². The normalized spacial score (nSPS) is 9.65. The van der Waals surface area contributed by atoms with Crippen LogP contribution in [-0.2, 0) is 0 Å². The molecule has 2 rings (SSSR count). The summed E-state index contributed by atoms with van der Waals surface area (Å²) < 4.78 is 0. The molecule has 3 nitrogen and oxygen atoms in total. The van der Waals surface area contributed by atoms with Crippen LogP contribution in [0.2, 0.25) is 0 Å². The highest BCUT2D eigenvalue weighted by Crippen LogP contribution is 2.17. The molecule has 1 heterocycles. The fraction of sp³-hybridized carbons (Fsp3) is 0.0714. The predicted octanol–water partition coefficient (Wildman–Crippen LogP) is 2.82. The van der Waals surface area contributed by atoms with Crippen molar-refractivity contribution in [3.05, 3.63) is 53.7 Å². The van der Waals surface area contributed by atoms with Gasteiger partial charge in [-0.3, -0.25) is 9.78 Å². The van der Waals surface area contributed by atoms with Gasteiger partial charge in [-0.15, -0.1) is 0 Å². The molecule has 0 aliphatic rings. The van der Waals surface area contributed by atoms with Crippen molar-refractivity contribution in [2.45, 2.75) is 6.92 Å². The first-order valence-corrected chi connectivity index (χ1v) is 5.18. The van der Waals surface area contributed by atoms with Crippen LogP contribution < -0.4 is 0 Å². The third-order valence-electron chi connectivity index (χ3n) is 2.48. The summed E-state index contributed by atoms with van der Waals surface area (Å²) in [5.74, 6) is 0.00359. The van der Waals surface area contributed by atoms with Gasteiger partial charge in [0.2, 0.25) is 0 Å². The van der Waals surface area contributed by atoms with E-state index in [0.717, 1.165) is 11.3 Å². The number of nitriles is 1. The molecule has 0 atom stereocenters. The molecule has 2 aromatic rings. The van der Waals surface area contributed by atoms with Crippen molar-refractivity contribution in [1.82, 2.24) is 4.98 Å². The molecule has 1 aromatic carbocycles. The van der Waals surface area contributed by atoms with Crippen LogP contribution in [0.25, 0.3) is 11.3 Å². The van der Waals surface area contributed by atoms with Gasteiger partial charge in [0.1, 0.15) is 0 Å². The van der Waals surface area contributed by atoms with Crippen LogP contribution >= 0.6 is 0 Å². The second-order valence-electron chi connectivity index (χ2n) is 3.68. The third kappa shape index (κ3) is 2.37. The number of carbonyl (C=O) groups excluding carboxylic acids is 1. The third-order valence-corrected chi connectivity index (χ3v) is 2.48. The van der Waals surface area contributed by atoms with E-state index in [0.29, 0.717) is 11.1 Å². The molecule has 0 unspecified atom stereocenters. The van der Waals surface area contributed by atoms with Crippen LogP contribution in [0.15, 0.2) is 42.6 Å². The Kier molecular flexibility index (Phi) is 2.97. The van der Waals surface area contributed by atoms with Gasteiger partial charge in [-0.2, -0.15) is 5.26 Å². The van der Waals surface area contributed by atoms with E-state index in [-0.39, 0.29) is 5.78 Å². The minimum Gasteiger partial charge on any atom is -0.294 e. The number of nitrogens with zero attached hydrogens (tertiary/aromatic N) is 2. The lowest BCUT2D eigenvalue weighted by molar-refractivity contribution is 0.101. The number of benzene rings is 1. The lowest BCUT2D eigenvalue weighted by atomic mass is 10.1. The molecule has 0 saturated carbocycles. The average molecular weight is 222 g/mol. The van der Waals surface area contributed by atoms with E-state index < -0.39 is 0 Å². The van der Waals surface area contributed by atoms with Gasteiger partial charge < -0.3 is 0 Å². The minimum absolute atomic E-state index is 0.00359. The Morgan fingerprint density at radius 2 is 1.88 bits per heavy atom. The van der Waals surface area contributed by atoms with Gasteiger partial charge in [0.05, 0.1) is 17.3 Å². The summed E-state index contributed by atoms with van der Waals surface area (Å²) >= 11 is 0. The molecule has 82 valence electrons. The Morgan fingerprint density at radius 3 is 2.35 bits per heavy atom. The fourth-order valence-electron chi connectivity index (χ4n) is 1.49. The Labute approximate surface area is 99.4 Å². The zero-order valence-electron chi connectivity index (χ0n) is 9.34. The molecule has 0 aliphatic carbocycles. The van der Waals surface area contributed by atoms with Crippen molar-refractivity contribution in [1.29, 1.82) is 5.26 Å². The molecule has 0 amide bonds. The van der Waals surface area contributed by atoms with Crippen molar-refractivity contribution in [2.75, 3.05) is 0 Å². The zero-order chi connectivity index (χ0) is 12.3. The quantitative estimate of drug-likeness (QED) is 0.734. The topological polar surface area (TPSA) is 53.8 Å². The maximum Gasteiger partial charge on any atom is 0.161 e. The maximum absolute atomic E-state index is 11.1. The molecule has 0 radical (unpaired) electrons. The molecular formula is C14H10N2O. The maximum atomic E-state index is 11.1. The molecule has 0 fully saturated rings. The van der Waals surface area contributed by atoms with Crippen LogP contribution in [0.1, 0.15) is 22.8 Å². The summed E-state index contributed by atoms with van der Waals surface area (Å²) in [6.45, 7) is 1.51. The molecule has 0 bridgehead atoms. The standard InChI is InChI=1S/C14H10N2O/c1-10(17)13-6-7-14(16-9-13)12-4-2-11(8-15)3-5-12/h2-7,9H,1H3. The summed E-state index contributed by atoms with van der Waals surface area (Å²) in [4.78, 5) is 15.3. The molecule has 3 heteroatoms. The van der Waals surface area contributed by atoms with E-state index in [2.05, 4.69) is 11.1 Å². The van der Waals surface area contributed by atoms with Crippen LogP contribution in [0.3, 0.4) is 0 Å². The average Bonchev–Trinajstić information content (AvgIpc) is 2.39. The molecule has 0 saturated heterocycles. The Bertz CT molecular complexity index is 577. The van der Waals surface area contributed by atoms with Gasteiger partial charge >= 0.3 is 0 Å². The number of rotatable bonds is 2. The van der Waals surface area contributed by atoms with Gasteiger partial charge in [0.25, 0.3) is 0 Å². The van der Waals surface area contributed by atoms with E-state index in [9.17, 15) is 4.79 Å². The second kappa shape index (κ2) is 4.58. The molecule has 17 heavy (non-hydrogen) atoms. The highest BCUT2D eigenvalue weighted by atomic mass is 16.1. The number of Topliss-reactive ketones (excluding diaryl/α,β-unsaturated/α-hetero) is 1. The summed E-state index contributed by atoms with van der Waals surface area (Å²) in [5.41, 5.74) is 2.94. The van der Waals surface area contributed by atoms with Crippen LogP contribution in [-0.4, -0.2) is 10.8 Å². The first-order valence-electron chi connectivity index (χ1n) is 5.18. The van der Waals surface area contributed by atoms with Gasteiger partial charge in [-0.25, -0.2) is 0 Å². The van der Waals surface area contributed by atoms with Crippen LogP contribution in [0.5, 0.6) is 0 Å². The van der Waals surface area contributed by atoms with Crippen LogP contribution in [0, 0.1) is 11.3 Å². The van der Waals surface area contributed by atoms with E-state index in [1.807, 2.05) is 12.1 Å². The smallest absolute Gasteiger partial charge is 0.161 e. The molecule has 0 N–H and O–H groups in total. The molecule has 0 aliphatic heterocycles. The summed E-state index contributed by atoms with van der Waals surface area (Å²) in [5, 5.41) is 8.69. The number of ketones is 1. The summed E-state index contributed by atoms with van der Waals surface area (Å²) in [6.07, 6.45) is 1.57. The summed E-state index contributed by atoms with van der Waals surface area (Å²) in [7, 11) is 0. The van der Waals surface area contributed by atoms with Crippen molar-refractivity contribution in [3.8, 4) is 17.3 Å². The first-order chi connectivity index (χ1) is 8.20. The Balaban J connectivity index is 2.33. The highest BCUT2D eigenvalue weighted by Gasteiger charge is 2.02. The minimum atomic E-state index is 0.00359. The predicted molar refractivity (Wildman–Crippen MR) is 64.4 cm³/mol. The number of aromatic nitrogens is 1. The second-order valence-corrected chi connectivity index (χ2v) is 3.68. The monoisotopic (exact) mass is 222 g/mol.